The van der Waals surface area contributed by atoms with Crippen molar-refractivity contribution in [2.75, 3.05) is 6.54 Å². The van der Waals surface area contributed by atoms with Crippen LogP contribution in [-0.2, 0) is 16.4 Å². The number of halogens is 4. The summed E-state index contributed by atoms with van der Waals surface area (Å²) in [5, 5.41) is 3.04. The van der Waals surface area contributed by atoms with Crippen molar-refractivity contribution in [3.05, 3.63) is 35.4 Å². The van der Waals surface area contributed by atoms with Crippen molar-refractivity contribution >= 4 is 18.3 Å². The maximum absolute atomic E-state index is 12.9. The van der Waals surface area contributed by atoms with Crippen molar-refractivity contribution in [3.8, 4) is 0 Å². The van der Waals surface area contributed by atoms with E-state index >= 15 is 0 Å². The van der Waals surface area contributed by atoms with Crippen LogP contribution in [0.5, 0.6) is 0 Å². The van der Waals surface area contributed by atoms with Gasteiger partial charge in [0.2, 0.25) is 5.91 Å². The number of benzene rings is 1. The van der Waals surface area contributed by atoms with E-state index in [-0.39, 0.29) is 30.3 Å². The van der Waals surface area contributed by atoms with Crippen LogP contribution in [0.2, 0.25) is 0 Å². The van der Waals surface area contributed by atoms with Crippen molar-refractivity contribution in [2.45, 2.75) is 49.7 Å². The highest BCUT2D eigenvalue weighted by Crippen LogP contribution is 2.49. The number of amides is 1. The van der Waals surface area contributed by atoms with Crippen molar-refractivity contribution in [1.29, 1.82) is 0 Å². The number of nitrogens with two attached hydrogens (primary N) is 1. The summed E-state index contributed by atoms with van der Waals surface area (Å²) < 4.78 is 38.7. The molecule has 2 unspecified atom stereocenters. The van der Waals surface area contributed by atoms with Gasteiger partial charge < -0.3 is 11.1 Å². The van der Waals surface area contributed by atoms with Crippen LogP contribution in [0, 0.1) is 5.92 Å². The third-order valence-electron chi connectivity index (χ3n) is 5.21. The lowest BCUT2D eigenvalue weighted by Crippen LogP contribution is -2.44. The Morgan fingerprint density at radius 2 is 2.00 bits per heavy atom. The number of carbonyl (C=O) groups excluding carboxylic acids is 1. The molecule has 1 amide bonds. The van der Waals surface area contributed by atoms with Gasteiger partial charge >= 0.3 is 6.18 Å². The Labute approximate surface area is 145 Å². The summed E-state index contributed by atoms with van der Waals surface area (Å²) in [6, 6.07) is 5.21. The van der Waals surface area contributed by atoms with E-state index in [2.05, 4.69) is 5.32 Å². The third-order valence-corrected chi connectivity index (χ3v) is 5.21. The number of hydrogen-bond donors (Lipinski definition) is 2. The topological polar surface area (TPSA) is 55.1 Å². The van der Waals surface area contributed by atoms with Crippen molar-refractivity contribution in [3.63, 3.8) is 0 Å². The van der Waals surface area contributed by atoms with Crippen LogP contribution in [-0.4, -0.2) is 18.5 Å². The molecule has 3 nitrogen and oxygen atoms in total. The fraction of sp³-hybridized carbons (Fsp3) is 0.588. The second-order valence-corrected chi connectivity index (χ2v) is 6.67. The lowest BCUT2D eigenvalue weighted by Gasteiger charge is -2.24. The van der Waals surface area contributed by atoms with E-state index in [1.54, 1.807) is 6.07 Å². The smallest absolute Gasteiger partial charge is 0.352 e. The average molecular weight is 363 g/mol. The minimum absolute atomic E-state index is 0. The second kappa shape index (κ2) is 6.92. The molecule has 0 spiro atoms. The monoisotopic (exact) mass is 362 g/mol. The van der Waals surface area contributed by atoms with Crippen LogP contribution >= 0.6 is 12.4 Å². The predicted molar refractivity (Wildman–Crippen MR) is 87.9 cm³/mol. The lowest BCUT2D eigenvalue weighted by atomic mass is 9.92. The average Bonchev–Trinajstić information content (AvgIpc) is 3.22. The second-order valence-electron chi connectivity index (χ2n) is 6.67. The molecule has 2 aliphatic carbocycles. The van der Waals surface area contributed by atoms with E-state index in [4.69, 9.17) is 5.73 Å². The van der Waals surface area contributed by atoms with Gasteiger partial charge in [-0.05, 0) is 49.8 Å². The Balaban J connectivity index is 0.00000208. The number of nitrogens with one attached hydrogen (secondary N) is 1. The Hall–Kier alpha value is -1.27. The zero-order valence-corrected chi connectivity index (χ0v) is 14.1. The molecule has 2 aliphatic rings. The van der Waals surface area contributed by atoms with E-state index in [1.165, 1.54) is 6.07 Å². The SMILES string of the molecule is Cl.NCC1CCCC1NC(=O)C1(c2cccc(C(F)(F)F)c2)CC1. The van der Waals surface area contributed by atoms with Crippen molar-refractivity contribution in [2.24, 2.45) is 11.7 Å². The van der Waals surface area contributed by atoms with E-state index in [9.17, 15) is 18.0 Å². The van der Waals surface area contributed by atoms with Gasteiger partial charge in [-0.15, -0.1) is 12.4 Å². The summed E-state index contributed by atoms with van der Waals surface area (Å²) in [5.41, 5.74) is 4.70. The van der Waals surface area contributed by atoms with Gasteiger partial charge in [-0.25, -0.2) is 0 Å². The van der Waals surface area contributed by atoms with Gasteiger partial charge in [0, 0.05) is 6.04 Å². The zero-order chi connectivity index (χ0) is 16.7. The Bertz CT molecular complexity index is 602. The molecule has 7 heteroatoms. The van der Waals surface area contributed by atoms with E-state index in [1.807, 2.05) is 0 Å². The van der Waals surface area contributed by atoms with Gasteiger partial charge in [0.25, 0.3) is 0 Å². The predicted octanol–water partition coefficient (Wildman–Crippen LogP) is 3.40. The summed E-state index contributed by atoms with van der Waals surface area (Å²) in [5.74, 6) is 0.124. The maximum atomic E-state index is 12.9. The highest BCUT2D eigenvalue weighted by Gasteiger charge is 2.52. The molecular formula is C17H22ClF3N2O. The summed E-state index contributed by atoms with van der Waals surface area (Å²) in [7, 11) is 0. The van der Waals surface area contributed by atoms with Gasteiger partial charge in [0.1, 0.15) is 0 Å². The third kappa shape index (κ3) is 3.54. The van der Waals surface area contributed by atoms with Crippen LogP contribution in [0.25, 0.3) is 0 Å². The first-order valence-electron chi connectivity index (χ1n) is 8.05. The quantitative estimate of drug-likeness (QED) is 0.862. The van der Waals surface area contributed by atoms with Crippen molar-refractivity contribution in [1.82, 2.24) is 5.32 Å². The molecule has 0 heterocycles. The van der Waals surface area contributed by atoms with Gasteiger partial charge in [-0.2, -0.15) is 13.2 Å². The fourth-order valence-corrected chi connectivity index (χ4v) is 3.58. The van der Waals surface area contributed by atoms with Crippen LogP contribution < -0.4 is 11.1 Å². The van der Waals surface area contributed by atoms with Crippen LogP contribution in [0.1, 0.15) is 43.2 Å². The molecular weight excluding hydrogens is 341 g/mol. The van der Waals surface area contributed by atoms with Crippen LogP contribution in [0.4, 0.5) is 13.2 Å². The molecule has 3 N–H and O–H groups in total. The molecule has 2 fully saturated rings. The molecule has 134 valence electrons. The molecule has 24 heavy (non-hydrogen) atoms. The van der Waals surface area contributed by atoms with Crippen LogP contribution in [0.15, 0.2) is 24.3 Å². The summed E-state index contributed by atoms with van der Waals surface area (Å²) >= 11 is 0. The van der Waals surface area contributed by atoms with Crippen LogP contribution in [0.3, 0.4) is 0 Å². The maximum Gasteiger partial charge on any atom is 0.416 e. The molecule has 0 aliphatic heterocycles. The Morgan fingerprint density at radius 1 is 1.29 bits per heavy atom. The standard InChI is InChI=1S/C17H21F3N2O.ClH/c18-17(19,20)13-5-2-4-12(9-13)16(7-8-16)15(23)22-14-6-1-3-11(14)10-21;/h2,4-5,9,11,14H,1,3,6-8,10,21H2,(H,22,23);1H. The highest BCUT2D eigenvalue weighted by atomic mass is 35.5. The molecule has 2 saturated carbocycles. The molecule has 0 bridgehead atoms. The van der Waals surface area contributed by atoms with Gasteiger partial charge in [-0.3, -0.25) is 4.79 Å². The minimum atomic E-state index is -4.39. The first kappa shape index (κ1) is 19.1. The van der Waals surface area contributed by atoms with Gasteiger partial charge in [-0.1, -0.05) is 24.6 Å². The zero-order valence-electron chi connectivity index (χ0n) is 13.2. The van der Waals surface area contributed by atoms with E-state index in [0.29, 0.717) is 24.9 Å². The first-order chi connectivity index (χ1) is 10.9. The summed E-state index contributed by atoms with van der Waals surface area (Å²) in [4.78, 5) is 12.7. The molecule has 3 rings (SSSR count). The molecule has 1 aromatic rings. The number of hydrogen-bond acceptors (Lipinski definition) is 2. The number of rotatable bonds is 4. The molecule has 1 aromatic carbocycles. The summed E-state index contributed by atoms with van der Waals surface area (Å²) in [6.07, 6.45) is -0.271. The lowest BCUT2D eigenvalue weighted by molar-refractivity contribution is -0.137. The minimum Gasteiger partial charge on any atom is -0.352 e. The normalized spacial score (nSPS) is 25.0. The van der Waals surface area contributed by atoms with E-state index in [0.717, 1.165) is 31.4 Å². The molecule has 0 saturated heterocycles. The first-order valence-corrected chi connectivity index (χ1v) is 8.05. The number of carbonyl (C=O) groups is 1. The van der Waals surface area contributed by atoms with Crippen molar-refractivity contribution < 1.29 is 18.0 Å². The van der Waals surface area contributed by atoms with Gasteiger partial charge in [0.15, 0.2) is 0 Å². The number of alkyl halides is 3. The Morgan fingerprint density at radius 3 is 2.58 bits per heavy atom. The molecule has 0 aromatic heterocycles. The fourth-order valence-electron chi connectivity index (χ4n) is 3.58. The van der Waals surface area contributed by atoms with E-state index < -0.39 is 17.2 Å². The highest BCUT2D eigenvalue weighted by molar-refractivity contribution is 5.91. The largest absolute Gasteiger partial charge is 0.416 e. The Kier molecular flexibility index (Phi) is 5.50. The summed E-state index contributed by atoms with van der Waals surface area (Å²) in [6.45, 7) is 0.529. The molecule has 0 radical (unpaired) electrons. The van der Waals surface area contributed by atoms with Gasteiger partial charge in [0.05, 0.1) is 11.0 Å². The molecule has 2 atom stereocenters.